The van der Waals surface area contributed by atoms with Gasteiger partial charge in [-0.05, 0) is 38.0 Å². The Morgan fingerprint density at radius 1 is 1.41 bits per heavy atom. The number of carboxylic acids is 1. The Hall–Kier alpha value is -1.06. The van der Waals surface area contributed by atoms with Gasteiger partial charge in [0.2, 0.25) is 5.91 Å². The summed E-state index contributed by atoms with van der Waals surface area (Å²) in [4.78, 5) is 24.7. The lowest BCUT2D eigenvalue weighted by molar-refractivity contribution is -0.143. The summed E-state index contributed by atoms with van der Waals surface area (Å²) in [7, 11) is 0. The molecule has 0 aromatic carbocycles. The third kappa shape index (κ3) is 2.79. The molecular formula is C13H21NO3. The predicted molar refractivity (Wildman–Crippen MR) is 63.4 cm³/mol. The number of carbonyl (C=O) groups excluding carboxylic acids is 1. The minimum atomic E-state index is -0.828. The standard InChI is InChI=1S/C13H21NO3/c1-3-14(7-8(2)13(16)17)12(15)11-6-10(11)9-4-5-9/h8-11H,3-7H2,1-2H3,(H,16,17)/t8-,10+,11+/m0/s1. The Balaban J connectivity index is 1.85. The van der Waals surface area contributed by atoms with Crippen molar-refractivity contribution >= 4 is 11.9 Å². The van der Waals surface area contributed by atoms with Crippen LogP contribution in [-0.2, 0) is 9.59 Å². The van der Waals surface area contributed by atoms with Crippen LogP contribution in [0.3, 0.4) is 0 Å². The molecule has 0 bridgehead atoms. The summed E-state index contributed by atoms with van der Waals surface area (Å²) in [5.41, 5.74) is 0. The van der Waals surface area contributed by atoms with Gasteiger partial charge in [-0.1, -0.05) is 6.92 Å². The molecule has 0 saturated heterocycles. The van der Waals surface area contributed by atoms with Gasteiger partial charge < -0.3 is 10.0 Å². The van der Waals surface area contributed by atoms with Crippen molar-refractivity contribution < 1.29 is 14.7 Å². The van der Waals surface area contributed by atoms with Crippen molar-refractivity contribution in [2.24, 2.45) is 23.7 Å². The molecule has 0 heterocycles. The van der Waals surface area contributed by atoms with Crippen LogP contribution in [0.1, 0.15) is 33.1 Å². The van der Waals surface area contributed by atoms with Crippen LogP contribution in [0.2, 0.25) is 0 Å². The van der Waals surface area contributed by atoms with Crippen molar-refractivity contribution in [1.82, 2.24) is 4.90 Å². The van der Waals surface area contributed by atoms with E-state index in [1.807, 2.05) is 6.92 Å². The number of aliphatic carboxylic acids is 1. The molecule has 17 heavy (non-hydrogen) atoms. The first-order valence-electron chi connectivity index (χ1n) is 6.56. The maximum Gasteiger partial charge on any atom is 0.308 e. The van der Waals surface area contributed by atoms with Crippen molar-refractivity contribution in [2.75, 3.05) is 13.1 Å². The monoisotopic (exact) mass is 239 g/mol. The van der Waals surface area contributed by atoms with Crippen molar-refractivity contribution in [3.8, 4) is 0 Å². The highest BCUT2D eigenvalue weighted by Gasteiger charge is 2.52. The minimum absolute atomic E-state index is 0.178. The molecule has 96 valence electrons. The lowest BCUT2D eigenvalue weighted by Crippen LogP contribution is -2.38. The Kier molecular flexibility index (Phi) is 3.40. The van der Waals surface area contributed by atoms with Gasteiger partial charge in [-0.2, -0.15) is 0 Å². The van der Waals surface area contributed by atoms with E-state index in [0.29, 0.717) is 19.0 Å². The second-order valence-corrected chi connectivity index (χ2v) is 5.46. The van der Waals surface area contributed by atoms with Gasteiger partial charge in [0.1, 0.15) is 0 Å². The number of amides is 1. The predicted octanol–water partition coefficient (Wildman–Crippen LogP) is 1.60. The molecule has 1 N–H and O–H groups in total. The highest BCUT2D eigenvalue weighted by molar-refractivity contribution is 5.82. The number of hydrogen-bond acceptors (Lipinski definition) is 2. The number of carbonyl (C=O) groups is 2. The average molecular weight is 239 g/mol. The summed E-state index contributed by atoms with van der Waals surface area (Å²) in [6, 6.07) is 0. The van der Waals surface area contributed by atoms with Crippen LogP contribution in [-0.4, -0.2) is 35.0 Å². The minimum Gasteiger partial charge on any atom is -0.481 e. The van der Waals surface area contributed by atoms with E-state index in [0.717, 1.165) is 12.3 Å². The molecule has 4 nitrogen and oxygen atoms in total. The lowest BCUT2D eigenvalue weighted by Gasteiger charge is -2.23. The van der Waals surface area contributed by atoms with Crippen LogP contribution in [0.4, 0.5) is 0 Å². The van der Waals surface area contributed by atoms with Gasteiger partial charge in [0.05, 0.1) is 5.92 Å². The van der Waals surface area contributed by atoms with Crippen molar-refractivity contribution in [2.45, 2.75) is 33.1 Å². The summed E-state index contributed by atoms with van der Waals surface area (Å²) in [5.74, 6) is 0.472. The van der Waals surface area contributed by atoms with Gasteiger partial charge in [-0.15, -0.1) is 0 Å². The highest BCUT2D eigenvalue weighted by atomic mass is 16.4. The topological polar surface area (TPSA) is 57.6 Å². The normalized spacial score (nSPS) is 28.6. The van der Waals surface area contributed by atoms with Crippen LogP contribution in [0.25, 0.3) is 0 Å². The summed E-state index contributed by atoms with van der Waals surface area (Å²) in [6.45, 7) is 4.54. The zero-order valence-electron chi connectivity index (χ0n) is 10.6. The zero-order chi connectivity index (χ0) is 12.6. The summed E-state index contributed by atoms with van der Waals surface area (Å²) in [5, 5.41) is 8.87. The smallest absolute Gasteiger partial charge is 0.308 e. The maximum atomic E-state index is 12.2. The molecule has 3 atom stereocenters. The van der Waals surface area contributed by atoms with Crippen molar-refractivity contribution in [1.29, 1.82) is 0 Å². The Bertz CT molecular complexity index is 325. The van der Waals surface area contributed by atoms with E-state index in [1.54, 1.807) is 11.8 Å². The van der Waals surface area contributed by atoms with Crippen LogP contribution in [0, 0.1) is 23.7 Å². The molecule has 0 aromatic heterocycles. The van der Waals surface area contributed by atoms with Crippen LogP contribution >= 0.6 is 0 Å². The molecule has 2 fully saturated rings. The molecule has 2 aliphatic carbocycles. The Labute approximate surface area is 102 Å². The Morgan fingerprint density at radius 2 is 2.06 bits per heavy atom. The molecule has 0 spiro atoms. The van der Waals surface area contributed by atoms with Gasteiger partial charge >= 0.3 is 5.97 Å². The third-order valence-electron chi connectivity index (χ3n) is 3.99. The molecule has 0 aromatic rings. The zero-order valence-corrected chi connectivity index (χ0v) is 10.6. The van der Waals surface area contributed by atoms with E-state index >= 15 is 0 Å². The first-order chi connectivity index (χ1) is 8.04. The summed E-state index contributed by atoms with van der Waals surface area (Å²) in [6.07, 6.45) is 3.60. The number of rotatable bonds is 6. The van der Waals surface area contributed by atoms with Gasteiger partial charge in [0, 0.05) is 19.0 Å². The summed E-state index contributed by atoms with van der Waals surface area (Å²) >= 11 is 0. The van der Waals surface area contributed by atoms with E-state index in [-0.39, 0.29) is 11.8 Å². The Morgan fingerprint density at radius 3 is 2.53 bits per heavy atom. The van der Waals surface area contributed by atoms with Crippen LogP contribution in [0.5, 0.6) is 0 Å². The molecular weight excluding hydrogens is 218 g/mol. The lowest BCUT2D eigenvalue weighted by atomic mass is 10.1. The quantitative estimate of drug-likeness (QED) is 0.766. The molecule has 4 heteroatoms. The fourth-order valence-electron chi connectivity index (χ4n) is 2.56. The molecule has 0 radical (unpaired) electrons. The van der Waals surface area contributed by atoms with Gasteiger partial charge in [-0.25, -0.2) is 0 Å². The van der Waals surface area contributed by atoms with E-state index in [9.17, 15) is 9.59 Å². The van der Waals surface area contributed by atoms with Gasteiger partial charge in [0.15, 0.2) is 0 Å². The molecule has 2 saturated carbocycles. The number of hydrogen-bond donors (Lipinski definition) is 1. The number of nitrogens with zero attached hydrogens (tertiary/aromatic N) is 1. The van der Waals surface area contributed by atoms with Crippen LogP contribution < -0.4 is 0 Å². The largest absolute Gasteiger partial charge is 0.481 e. The van der Waals surface area contributed by atoms with Gasteiger partial charge in [-0.3, -0.25) is 9.59 Å². The first-order valence-corrected chi connectivity index (χ1v) is 6.56. The van der Waals surface area contributed by atoms with E-state index < -0.39 is 11.9 Å². The van der Waals surface area contributed by atoms with Gasteiger partial charge in [0.25, 0.3) is 0 Å². The van der Waals surface area contributed by atoms with E-state index in [1.165, 1.54) is 12.8 Å². The molecule has 2 rings (SSSR count). The maximum absolute atomic E-state index is 12.2. The molecule has 1 amide bonds. The second kappa shape index (κ2) is 4.67. The van der Waals surface area contributed by atoms with Crippen molar-refractivity contribution in [3.63, 3.8) is 0 Å². The van der Waals surface area contributed by atoms with E-state index in [4.69, 9.17) is 5.11 Å². The molecule has 0 unspecified atom stereocenters. The highest BCUT2D eigenvalue weighted by Crippen LogP contribution is 2.54. The third-order valence-corrected chi connectivity index (χ3v) is 3.99. The first kappa shape index (κ1) is 12.4. The summed E-state index contributed by atoms with van der Waals surface area (Å²) < 4.78 is 0. The molecule has 0 aliphatic heterocycles. The van der Waals surface area contributed by atoms with E-state index in [2.05, 4.69) is 0 Å². The average Bonchev–Trinajstić information content (AvgIpc) is 3.16. The fraction of sp³-hybridized carbons (Fsp3) is 0.846. The SMILES string of the molecule is CCN(C[C@H](C)C(=O)O)C(=O)[C@@H]1C[C@@H]1C1CC1. The second-order valence-electron chi connectivity index (χ2n) is 5.46. The molecule has 2 aliphatic rings. The number of carboxylic acid groups (broad SMARTS) is 1. The van der Waals surface area contributed by atoms with Crippen LogP contribution in [0.15, 0.2) is 0 Å². The van der Waals surface area contributed by atoms with Crippen molar-refractivity contribution in [3.05, 3.63) is 0 Å². The fourth-order valence-corrected chi connectivity index (χ4v) is 2.56.